The van der Waals surface area contributed by atoms with E-state index >= 15 is 0 Å². The van der Waals surface area contributed by atoms with Crippen LogP contribution in [0.4, 0.5) is 5.95 Å². The van der Waals surface area contributed by atoms with Crippen molar-refractivity contribution in [1.82, 2.24) is 19.8 Å². The molecule has 1 saturated heterocycles. The van der Waals surface area contributed by atoms with Crippen molar-refractivity contribution < 1.29 is 14.4 Å². The predicted molar refractivity (Wildman–Crippen MR) is 103 cm³/mol. The van der Waals surface area contributed by atoms with Gasteiger partial charge in [-0.25, -0.2) is 9.97 Å². The smallest absolute Gasteiger partial charge is 0.312 e. The molecule has 8 heteroatoms. The minimum absolute atomic E-state index is 0.194. The first-order valence-electron chi connectivity index (χ1n) is 9.07. The molecule has 3 rings (SSSR count). The maximum absolute atomic E-state index is 12.4. The fraction of sp³-hybridized carbons (Fsp3) is 0.350. The van der Waals surface area contributed by atoms with Gasteiger partial charge < -0.3 is 9.80 Å². The second kappa shape index (κ2) is 8.16. The molecule has 0 aliphatic carbocycles. The molecular weight excluding hydrogens is 358 g/mol. The van der Waals surface area contributed by atoms with Gasteiger partial charge in [-0.3, -0.25) is 19.7 Å². The predicted octanol–water partition coefficient (Wildman–Crippen LogP) is 1.21. The number of nitrogens with one attached hydrogen (secondary N) is 1. The van der Waals surface area contributed by atoms with Crippen LogP contribution in [0.3, 0.4) is 0 Å². The van der Waals surface area contributed by atoms with E-state index in [0.29, 0.717) is 19.6 Å². The summed E-state index contributed by atoms with van der Waals surface area (Å²) in [6.07, 6.45) is 0. The van der Waals surface area contributed by atoms with Gasteiger partial charge in [0.25, 0.3) is 0 Å². The van der Waals surface area contributed by atoms with Crippen LogP contribution >= 0.6 is 0 Å². The van der Waals surface area contributed by atoms with Crippen molar-refractivity contribution in [2.24, 2.45) is 0 Å². The highest BCUT2D eigenvalue weighted by Crippen LogP contribution is 2.12. The Kier molecular flexibility index (Phi) is 5.67. The molecule has 2 heterocycles. The first kappa shape index (κ1) is 19.5. The second-order valence-electron chi connectivity index (χ2n) is 6.96. The van der Waals surface area contributed by atoms with E-state index in [9.17, 15) is 14.4 Å². The van der Waals surface area contributed by atoms with Crippen LogP contribution in [0.5, 0.6) is 0 Å². The first-order valence-corrected chi connectivity index (χ1v) is 9.07. The van der Waals surface area contributed by atoms with Crippen LogP contribution in [0.25, 0.3) is 0 Å². The molecule has 8 nitrogen and oxygen atoms in total. The Balaban J connectivity index is 1.58. The second-order valence-corrected chi connectivity index (χ2v) is 6.96. The molecule has 1 N–H and O–H groups in total. The Morgan fingerprint density at radius 3 is 2.18 bits per heavy atom. The van der Waals surface area contributed by atoms with Gasteiger partial charge in [0.05, 0.1) is 0 Å². The van der Waals surface area contributed by atoms with E-state index in [1.807, 2.05) is 31.2 Å². The minimum atomic E-state index is -0.671. The molecule has 1 aromatic carbocycles. The summed E-state index contributed by atoms with van der Waals surface area (Å²) in [4.78, 5) is 48.1. The maximum atomic E-state index is 12.4. The third kappa shape index (κ3) is 4.70. The van der Waals surface area contributed by atoms with Crippen molar-refractivity contribution in [1.29, 1.82) is 0 Å². The summed E-state index contributed by atoms with van der Waals surface area (Å²) >= 11 is 0. The van der Waals surface area contributed by atoms with Crippen molar-refractivity contribution in [2.45, 2.75) is 27.3 Å². The molecule has 146 valence electrons. The van der Waals surface area contributed by atoms with Gasteiger partial charge in [0, 0.05) is 31.0 Å². The zero-order chi connectivity index (χ0) is 20.3. The molecule has 3 amide bonds. The third-order valence-corrected chi connectivity index (χ3v) is 4.46. The Morgan fingerprint density at radius 2 is 1.54 bits per heavy atom. The molecule has 1 aliphatic heterocycles. The summed E-state index contributed by atoms with van der Waals surface area (Å²) in [6.45, 7) is 6.45. The van der Waals surface area contributed by atoms with Gasteiger partial charge >= 0.3 is 11.8 Å². The highest BCUT2D eigenvalue weighted by Gasteiger charge is 2.33. The SMILES string of the molecule is Cc1ccc(CN2CCN(CC(=O)Nc3nc(C)cc(C)n3)C(=O)C2=O)cc1. The number of aromatic nitrogens is 2. The molecule has 0 unspecified atom stereocenters. The lowest BCUT2D eigenvalue weighted by Gasteiger charge is -2.33. The van der Waals surface area contributed by atoms with Crippen LogP contribution < -0.4 is 5.32 Å². The number of carbonyl (C=O) groups excluding carboxylic acids is 3. The molecule has 1 aromatic heterocycles. The zero-order valence-corrected chi connectivity index (χ0v) is 16.2. The topological polar surface area (TPSA) is 95.5 Å². The Labute approximate surface area is 163 Å². The van der Waals surface area contributed by atoms with Crippen molar-refractivity contribution in [2.75, 3.05) is 25.0 Å². The van der Waals surface area contributed by atoms with Crippen LogP contribution in [0.1, 0.15) is 22.5 Å². The minimum Gasteiger partial charge on any atom is -0.328 e. The monoisotopic (exact) mass is 381 g/mol. The molecule has 1 aliphatic rings. The van der Waals surface area contributed by atoms with Crippen LogP contribution in [-0.2, 0) is 20.9 Å². The molecule has 28 heavy (non-hydrogen) atoms. The third-order valence-electron chi connectivity index (χ3n) is 4.46. The van der Waals surface area contributed by atoms with E-state index in [1.54, 1.807) is 19.9 Å². The van der Waals surface area contributed by atoms with E-state index in [2.05, 4.69) is 15.3 Å². The first-order chi connectivity index (χ1) is 13.3. The number of hydrogen-bond donors (Lipinski definition) is 1. The quantitative estimate of drug-likeness (QED) is 0.786. The summed E-state index contributed by atoms with van der Waals surface area (Å²) in [5.74, 6) is -1.51. The number of benzene rings is 1. The summed E-state index contributed by atoms with van der Waals surface area (Å²) in [5, 5.41) is 2.58. The number of nitrogens with zero attached hydrogens (tertiary/aromatic N) is 4. The van der Waals surface area contributed by atoms with E-state index in [1.165, 1.54) is 9.80 Å². The summed E-state index contributed by atoms with van der Waals surface area (Å²) < 4.78 is 0. The van der Waals surface area contributed by atoms with Crippen LogP contribution in [-0.4, -0.2) is 57.1 Å². The highest BCUT2D eigenvalue weighted by molar-refractivity contribution is 6.35. The number of rotatable bonds is 5. The Morgan fingerprint density at radius 1 is 0.964 bits per heavy atom. The van der Waals surface area contributed by atoms with Crippen LogP contribution in [0.15, 0.2) is 30.3 Å². The normalized spacial score (nSPS) is 14.4. The molecule has 0 saturated carbocycles. The van der Waals surface area contributed by atoms with Crippen LogP contribution in [0, 0.1) is 20.8 Å². The number of anilines is 1. The fourth-order valence-corrected chi connectivity index (χ4v) is 3.05. The van der Waals surface area contributed by atoms with Gasteiger partial charge in [0.1, 0.15) is 6.54 Å². The Hall–Kier alpha value is -3.29. The molecule has 0 spiro atoms. The summed E-state index contributed by atoms with van der Waals surface area (Å²) in [6, 6.07) is 9.62. The fourth-order valence-electron chi connectivity index (χ4n) is 3.05. The van der Waals surface area contributed by atoms with Gasteiger partial charge in [-0.1, -0.05) is 29.8 Å². The van der Waals surface area contributed by atoms with Crippen molar-refractivity contribution in [3.8, 4) is 0 Å². The molecule has 0 radical (unpaired) electrons. The molecular formula is C20H23N5O3. The van der Waals surface area contributed by atoms with Gasteiger partial charge in [0.15, 0.2) is 0 Å². The number of hydrogen-bond acceptors (Lipinski definition) is 5. The van der Waals surface area contributed by atoms with Gasteiger partial charge in [-0.05, 0) is 32.4 Å². The van der Waals surface area contributed by atoms with Gasteiger partial charge in [-0.2, -0.15) is 0 Å². The summed E-state index contributed by atoms with van der Waals surface area (Å²) in [5.41, 5.74) is 3.57. The van der Waals surface area contributed by atoms with Crippen molar-refractivity contribution in [3.63, 3.8) is 0 Å². The number of aryl methyl sites for hydroxylation is 3. The number of carbonyl (C=O) groups is 3. The largest absolute Gasteiger partial charge is 0.328 e. The lowest BCUT2D eigenvalue weighted by atomic mass is 10.1. The Bertz CT molecular complexity index is 890. The van der Waals surface area contributed by atoms with E-state index in [4.69, 9.17) is 0 Å². The summed E-state index contributed by atoms with van der Waals surface area (Å²) in [7, 11) is 0. The van der Waals surface area contributed by atoms with Crippen molar-refractivity contribution in [3.05, 3.63) is 52.8 Å². The average molecular weight is 381 g/mol. The lowest BCUT2D eigenvalue weighted by Crippen LogP contribution is -2.55. The highest BCUT2D eigenvalue weighted by atomic mass is 16.2. The van der Waals surface area contributed by atoms with Gasteiger partial charge in [0.2, 0.25) is 11.9 Å². The number of amides is 3. The van der Waals surface area contributed by atoms with Crippen molar-refractivity contribution >= 4 is 23.7 Å². The van der Waals surface area contributed by atoms with Crippen LogP contribution in [0.2, 0.25) is 0 Å². The van der Waals surface area contributed by atoms with E-state index in [-0.39, 0.29) is 12.5 Å². The lowest BCUT2D eigenvalue weighted by molar-refractivity contribution is -0.157. The average Bonchev–Trinajstić information content (AvgIpc) is 2.62. The standard InChI is InChI=1S/C20H23N5O3/c1-13-4-6-16(7-5-13)11-24-8-9-25(19(28)18(24)27)12-17(26)23-20-21-14(2)10-15(3)22-20/h4-7,10H,8-9,11-12H2,1-3H3,(H,21,22,23,26). The zero-order valence-electron chi connectivity index (χ0n) is 16.2. The molecule has 1 fully saturated rings. The molecule has 0 bridgehead atoms. The van der Waals surface area contributed by atoms with E-state index < -0.39 is 17.7 Å². The van der Waals surface area contributed by atoms with Gasteiger partial charge in [-0.15, -0.1) is 0 Å². The molecule has 0 atom stereocenters. The van der Waals surface area contributed by atoms with E-state index in [0.717, 1.165) is 22.5 Å². The molecule has 2 aromatic rings. The maximum Gasteiger partial charge on any atom is 0.312 e. The number of piperazine rings is 1.